The molecule has 1 saturated heterocycles. The van der Waals surface area contributed by atoms with Gasteiger partial charge in [0.05, 0.1) is 0 Å². The fourth-order valence-electron chi connectivity index (χ4n) is 1.39. The molecule has 4 nitrogen and oxygen atoms in total. The van der Waals surface area contributed by atoms with Crippen molar-refractivity contribution in [1.82, 2.24) is 9.80 Å². The predicted molar refractivity (Wildman–Crippen MR) is 45.6 cm³/mol. The van der Waals surface area contributed by atoms with Crippen LogP contribution in [0, 0.1) is 0 Å². The summed E-state index contributed by atoms with van der Waals surface area (Å²) in [5.41, 5.74) is 0. The summed E-state index contributed by atoms with van der Waals surface area (Å²) in [6.45, 7) is 3.34. The molecule has 2 amide bonds. The molecular weight excluding hydrogens is 156 g/mol. The molecule has 0 spiro atoms. The molecule has 12 heavy (non-hydrogen) atoms. The van der Waals surface area contributed by atoms with Crippen molar-refractivity contribution >= 4 is 6.03 Å². The molecule has 0 aliphatic carbocycles. The molecule has 1 N–H and O–H groups in total. The average molecular weight is 172 g/mol. The number of aliphatic hydroxyl groups is 1. The number of carbonyl (C=O) groups is 1. The summed E-state index contributed by atoms with van der Waals surface area (Å²) in [4.78, 5) is 14.6. The molecule has 0 aromatic carbocycles. The third-order valence-corrected chi connectivity index (χ3v) is 2.19. The van der Waals surface area contributed by atoms with E-state index in [1.165, 1.54) is 4.90 Å². The zero-order valence-corrected chi connectivity index (χ0v) is 7.66. The average Bonchev–Trinajstić information content (AvgIpc) is 2.08. The SMILES string of the molecule is CCC(O)N1CCCN(C)C1=O. The lowest BCUT2D eigenvalue weighted by molar-refractivity contribution is 0.00550. The Balaban J connectivity index is 2.57. The molecule has 70 valence electrons. The summed E-state index contributed by atoms with van der Waals surface area (Å²) in [7, 11) is 1.76. The number of nitrogens with zero attached hydrogens (tertiary/aromatic N) is 2. The van der Waals surface area contributed by atoms with E-state index < -0.39 is 6.23 Å². The fourth-order valence-corrected chi connectivity index (χ4v) is 1.39. The van der Waals surface area contributed by atoms with Crippen molar-refractivity contribution in [3.63, 3.8) is 0 Å². The molecule has 0 aromatic rings. The molecule has 4 heteroatoms. The van der Waals surface area contributed by atoms with Crippen molar-refractivity contribution in [3.05, 3.63) is 0 Å². The summed E-state index contributed by atoms with van der Waals surface area (Å²) < 4.78 is 0. The first-order valence-electron chi connectivity index (χ1n) is 4.36. The monoisotopic (exact) mass is 172 g/mol. The van der Waals surface area contributed by atoms with Gasteiger partial charge in [0.1, 0.15) is 6.23 Å². The fraction of sp³-hybridized carbons (Fsp3) is 0.875. The van der Waals surface area contributed by atoms with E-state index in [4.69, 9.17) is 0 Å². The highest BCUT2D eigenvalue weighted by atomic mass is 16.3. The molecular formula is C8H16N2O2. The van der Waals surface area contributed by atoms with E-state index in [-0.39, 0.29) is 6.03 Å². The number of carbonyl (C=O) groups excluding carboxylic acids is 1. The first-order valence-corrected chi connectivity index (χ1v) is 4.36. The van der Waals surface area contributed by atoms with Crippen LogP contribution in [0.1, 0.15) is 19.8 Å². The van der Waals surface area contributed by atoms with Crippen LogP contribution in [0.25, 0.3) is 0 Å². The smallest absolute Gasteiger partial charge is 0.321 e. The highest BCUT2D eigenvalue weighted by molar-refractivity contribution is 5.75. The highest BCUT2D eigenvalue weighted by Crippen LogP contribution is 2.11. The van der Waals surface area contributed by atoms with Crippen LogP contribution < -0.4 is 0 Å². The zero-order valence-electron chi connectivity index (χ0n) is 7.66. The summed E-state index contributed by atoms with van der Waals surface area (Å²) >= 11 is 0. The van der Waals surface area contributed by atoms with Crippen LogP contribution in [0.5, 0.6) is 0 Å². The van der Waals surface area contributed by atoms with E-state index in [2.05, 4.69) is 0 Å². The second kappa shape index (κ2) is 3.76. The Morgan fingerprint density at radius 1 is 1.58 bits per heavy atom. The second-order valence-electron chi connectivity index (χ2n) is 3.14. The van der Waals surface area contributed by atoms with Crippen LogP contribution in [0.3, 0.4) is 0 Å². The Labute approximate surface area is 72.8 Å². The van der Waals surface area contributed by atoms with E-state index in [9.17, 15) is 9.90 Å². The van der Waals surface area contributed by atoms with Crippen molar-refractivity contribution in [2.45, 2.75) is 26.0 Å². The van der Waals surface area contributed by atoms with Crippen LogP contribution >= 0.6 is 0 Å². The molecule has 1 aliphatic rings. The molecule has 1 aliphatic heterocycles. The summed E-state index contributed by atoms with van der Waals surface area (Å²) in [5, 5.41) is 9.45. The zero-order chi connectivity index (χ0) is 9.14. The van der Waals surface area contributed by atoms with Gasteiger partial charge in [-0.25, -0.2) is 4.79 Å². The van der Waals surface area contributed by atoms with Crippen LogP contribution in [-0.2, 0) is 0 Å². The van der Waals surface area contributed by atoms with Gasteiger partial charge in [0.25, 0.3) is 0 Å². The molecule has 1 rings (SSSR count). The minimum absolute atomic E-state index is 0.0596. The lowest BCUT2D eigenvalue weighted by Gasteiger charge is -2.35. The summed E-state index contributed by atoms with van der Waals surface area (Å²) in [5.74, 6) is 0. The topological polar surface area (TPSA) is 43.8 Å². The first-order chi connectivity index (χ1) is 5.66. The van der Waals surface area contributed by atoms with Crippen LogP contribution in [0.15, 0.2) is 0 Å². The van der Waals surface area contributed by atoms with Crippen molar-refractivity contribution in [3.8, 4) is 0 Å². The minimum Gasteiger partial charge on any atom is -0.373 e. The largest absolute Gasteiger partial charge is 0.373 e. The van der Waals surface area contributed by atoms with Gasteiger partial charge >= 0.3 is 6.03 Å². The third-order valence-electron chi connectivity index (χ3n) is 2.19. The van der Waals surface area contributed by atoms with Gasteiger partial charge in [-0.3, -0.25) is 4.90 Å². The molecule has 0 saturated carbocycles. The molecule has 0 radical (unpaired) electrons. The lowest BCUT2D eigenvalue weighted by Crippen LogP contribution is -2.51. The van der Waals surface area contributed by atoms with E-state index in [0.717, 1.165) is 13.0 Å². The summed E-state index contributed by atoms with van der Waals surface area (Å²) in [6, 6.07) is -0.0596. The van der Waals surface area contributed by atoms with Gasteiger partial charge in [-0.05, 0) is 12.8 Å². The van der Waals surface area contributed by atoms with Crippen LogP contribution in [0.4, 0.5) is 4.79 Å². The van der Waals surface area contributed by atoms with Gasteiger partial charge in [-0.1, -0.05) is 6.92 Å². The standard InChI is InChI=1S/C8H16N2O2/c1-3-7(11)10-6-4-5-9(2)8(10)12/h7,11H,3-6H2,1-2H3. The van der Waals surface area contributed by atoms with Gasteiger partial charge in [0, 0.05) is 20.1 Å². The molecule has 1 fully saturated rings. The van der Waals surface area contributed by atoms with Crippen LogP contribution in [-0.4, -0.2) is 47.3 Å². The predicted octanol–water partition coefficient (Wildman–Crippen LogP) is 0.472. The molecule has 1 heterocycles. The number of hydrogen-bond acceptors (Lipinski definition) is 2. The molecule has 0 aromatic heterocycles. The van der Waals surface area contributed by atoms with E-state index in [0.29, 0.717) is 13.0 Å². The van der Waals surface area contributed by atoms with E-state index in [1.54, 1.807) is 11.9 Å². The Kier molecular flexibility index (Phi) is 2.92. The molecule has 1 unspecified atom stereocenters. The van der Waals surface area contributed by atoms with Gasteiger partial charge in [-0.15, -0.1) is 0 Å². The van der Waals surface area contributed by atoms with Gasteiger partial charge < -0.3 is 10.0 Å². The Morgan fingerprint density at radius 2 is 2.25 bits per heavy atom. The van der Waals surface area contributed by atoms with Crippen LogP contribution in [0.2, 0.25) is 0 Å². The van der Waals surface area contributed by atoms with Gasteiger partial charge in [0.2, 0.25) is 0 Å². The van der Waals surface area contributed by atoms with E-state index in [1.807, 2.05) is 6.92 Å². The lowest BCUT2D eigenvalue weighted by atomic mass is 10.2. The number of hydrogen-bond donors (Lipinski definition) is 1. The number of rotatable bonds is 2. The van der Waals surface area contributed by atoms with Crippen molar-refractivity contribution < 1.29 is 9.90 Å². The number of aliphatic hydroxyl groups excluding tert-OH is 1. The third kappa shape index (κ3) is 1.69. The minimum atomic E-state index is -0.611. The molecule has 0 bridgehead atoms. The maximum atomic E-state index is 11.4. The van der Waals surface area contributed by atoms with Gasteiger partial charge in [0.15, 0.2) is 0 Å². The number of urea groups is 1. The number of amides is 2. The first kappa shape index (κ1) is 9.32. The normalized spacial score (nSPS) is 21.4. The quantitative estimate of drug-likeness (QED) is 0.658. The molecule has 1 atom stereocenters. The maximum absolute atomic E-state index is 11.4. The van der Waals surface area contributed by atoms with E-state index >= 15 is 0 Å². The van der Waals surface area contributed by atoms with Crippen molar-refractivity contribution in [1.29, 1.82) is 0 Å². The van der Waals surface area contributed by atoms with Crippen molar-refractivity contribution in [2.75, 3.05) is 20.1 Å². The Hall–Kier alpha value is -0.770. The second-order valence-corrected chi connectivity index (χ2v) is 3.14. The Morgan fingerprint density at radius 3 is 2.83 bits per heavy atom. The highest BCUT2D eigenvalue weighted by Gasteiger charge is 2.26. The summed E-state index contributed by atoms with van der Waals surface area (Å²) in [6.07, 6.45) is 0.930. The van der Waals surface area contributed by atoms with Gasteiger partial charge in [-0.2, -0.15) is 0 Å². The van der Waals surface area contributed by atoms with Crippen molar-refractivity contribution in [2.24, 2.45) is 0 Å². The maximum Gasteiger partial charge on any atom is 0.321 e. The Bertz CT molecular complexity index is 172.